The summed E-state index contributed by atoms with van der Waals surface area (Å²) in [6.07, 6.45) is 0. The number of amides is 1. The molecule has 4 rings (SSSR count). The maximum atomic E-state index is 11.8. The van der Waals surface area contributed by atoms with Gasteiger partial charge in [-0.25, -0.2) is 0 Å². The normalized spacial score (nSPS) is 21.1. The van der Waals surface area contributed by atoms with Crippen LogP contribution in [-0.2, 0) is 11.3 Å². The summed E-state index contributed by atoms with van der Waals surface area (Å²) in [6, 6.07) is 8.32. The molecular weight excluding hydrogens is 314 g/mol. The lowest BCUT2D eigenvalue weighted by Crippen LogP contribution is -2.63. The molecule has 1 aromatic carbocycles. The number of benzene rings is 1. The summed E-state index contributed by atoms with van der Waals surface area (Å²) < 4.78 is 5.87. The first-order chi connectivity index (χ1) is 11.1. The van der Waals surface area contributed by atoms with Crippen LogP contribution in [0, 0.1) is 0 Å². The molecule has 23 heavy (non-hydrogen) atoms. The van der Waals surface area contributed by atoms with Crippen LogP contribution in [0.15, 0.2) is 28.7 Å². The second-order valence-electron chi connectivity index (χ2n) is 6.47. The zero-order chi connectivity index (χ0) is 16.0. The standard InChI is InChI=1S/C17H20ClN3O2/c1-19-6-7-21(11-16(19)22)12-8-20(9-12)10-15-17(18)13-4-2-3-5-14(13)23-15/h2-5,12H,6-11H2,1H3. The topological polar surface area (TPSA) is 39.9 Å². The highest BCUT2D eigenvalue weighted by Gasteiger charge is 2.35. The van der Waals surface area contributed by atoms with Gasteiger partial charge in [0.15, 0.2) is 0 Å². The summed E-state index contributed by atoms with van der Waals surface area (Å²) in [5.74, 6) is 1.05. The Labute approximate surface area is 140 Å². The first-order valence-corrected chi connectivity index (χ1v) is 8.36. The molecule has 1 aromatic heterocycles. The molecule has 2 aliphatic rings. The van der Waals surface area contributed by atoms with Crippen LogP contribution in [-0.4, -0.2) is 66.4 Å². The van der Waals surface area contributed by atoms with Crippen molar-refractivity contribution in [3.63, 3.8) is 0 Å². The number of halogens is 1. The molecule has 0 atom stereocenters. The van der Waals surface area contributed by atoms with Gasteiger partial charge in [-0.05, 0) is 12.1 Å². The third-order valence-corrected chi connectivity index (χ3v) is 5.32. The maximum absolute atomic E-state index is 11.8. The molecule has 0 saturated carbocycles. The summed E-state index contributed by atoms with van der Waals surface area (Å²) in [6.45, 7) is 4.98. The molecule has 5 nitrogen and oxygen atoms in total. The van der Waals surface area contributed by atoms with Crippen LogP contribution in [0.3, 0.4) is 0 Å². The van der Waals surface area contributed by atoms with Crippen LogP contribution in [0.25, 0.3) is 11.0 Å². The van der Waals surface area contributed by atoms with Crippen LogP contribution < -0.4 is 0 Å². The van der Waals surface area contributed by atoms with Crippen molar-refractivity contribution in [3.05, 3.63) is 35.0 Å². The number of likely N-dealkylation sites (tertiary alicyclic amines) is 1. The Morgan fingerprint density at radius 1 is 1.26 bits per heavy atom. The second kappa shape index (κ2) is 5.82. The SMILES string of the molecule is CN1CCN(C2CN(Cc3oc4ccccc4c3Cl)C2)CC1=O. The van der Waals surface area contributed by atoms with Crippen molar-refractivity contribution in [1.29, 1.82) is 0 Å². The third kappa shape index (κ3) is 2.73. The van der Waals surface area contributed by atoms with E-state index in [4.69, 9.17) is 16.0 Å². The first-order valence-electron chi connectivity index (χ1n) is 7.98. The zero-order valence-corrected chi connectivity index (χ0v) is 13.9. The molecule has 2 aromatic rings. The molecule has 122 valence electrons. The van der Waals surface area contributed by atoms with Gasteiger partial charge in [-0.2, -0.15) is 0 Å². The van der Waals surface area contributed by atoms with Gasteiger partial charge in [0.25, 0.3) is 0 Å². The highest BCUT2D eigenvalue weighted by Crippen LogP contribution is 2.32. The molecule has 2 fully saturated rings. The van der Waals surface area contributed by atoms with Crippen LogP contribution in [0.4, 0.5) is 0 Å². The fourth-order valence-corrected chi connectivity index (χ4v) is 3.61. The van der Waals surface area contributed by atoms with Crippen LogP contribution in [0.2, 0.25) is 5.02 Å². The number of carbonyl (C=O) groups excluding carboxylic acids is 1. The summed E-state index contributed by atoms with van der Waals surface area (Å²) in [5, 5.41) is 1.70. The minimum atomic E-state index is 0.218. The van der Waals surface area contributed by atoms with Crippen molar-refractivity contribution in [2.45, 2.75) is 12.6 Å². The maximum Gasteiger partial charge on any atom is 0.236 e. The minimum Gasteiger partial charge on any atom is -0.458 e. The van der Waals surface area contributed by atoms with E-state index in [0.717, 1.165) is 54.5 Å². The number of nitrogens with zero attached hydrogens (tertiary/aromatic N) is 3. The molecule has 0 N–H and O–H groups in total. The monoisotopic (exact) mass is 333 g/mol. The number of rotatable bonds is 3. The largest absolute Gasteiger partial charge is 0.458 e. The van der Waals surface area contributed by atoms with Gasteiger partial charge in [-0.3, -0.25) is 14.6 Å². The molecular formula is C17H20ClN3O2. The lowest BCUT2D eigenvalue weighted by atomic mass is 10.1. The smallest absolute Gasteiger partial charge is 0.236 e. The van der Waals surface area contributed by atoms with E-state index in [9.17, 15) is 4.79 Å². The minimum absolute atomic E-state index is 0.218. The average molecular weight is 334 g/mol. The number of likely N-dealkylation sites (N-methyl/N-ethyl adjacent to an activating group) is 1. The lowest BCUT2D eigenvalue weighted by Gasteiger charge is -2.47. The summed E-state index contributed by atoms with van der Waals surface area (Å²) in [5.41, 5.74) is 0.842. The van der Waals surface area contributed by atoms with E-state index in [0.29, 0.717) is 12.6 Å². The van der Waals surface area contributed by atoms with Gasteiger partial charge >= 0.3 is 0 Å². The van der Waals surface area contributed by atoms with Gasteiger partial charge in [0.05, 0.1) is 18.1 Å². The van der Waals surface area contributed by atoms with E-state index in [-0.39, 0.29) is 5.91 Å². The Morgan fingerprint density at radius 3 is 2.78 bits per heavy atom. The average Bonchev–Trinajstić information content (AvgIpc) is 2.82. The number of piperazine rings is 1. The van der Waals surface area contributed by atoms with Crippen molar-refractivity contribution in [3.8, 4) is 0 Å². The van der Waals surface area contributed by atoms with E-state index in [2.05, 4.69) is 9.80 Å². The number of fused-ring (bicyclic) bond motifs is 1. The van der Waals surface area contributed by atoms with Crippen molar-refractivity contribution < 1.29 is 9.21 Å². The number of carbonyl (C=O) groups is 1. The summed E-state index contributed by atoms with van der Waals surface area (Å²) in [7, 11) is 1.87. The van der Waals surface area contributed by atoms with Gasteiger partial charge in [0.2, 0.25) is 5.91 Å². The predicted molar refractivity (Wildman–Crippen MR) is 89.5 cm³/mol. The second-order valence-corrected chi connectivity index (χ2v) is 6.85. The highest BCUT2D eigenvalue weighted by atomic mass is 35.5. The van der Waals surface area contributed by atoms with Gasteiger partial charge in [-0.15, -0.1) is 0 Å². The van der Waals surface area contributed by atoms with E-state index >= 15 is 0 Å². The van der Waals surface area contributed by atoms with Crippen molar-refractivity contribution >= 4 is 28.5 Å². The number of para-hydroxylation sites is 1. The first kappa shape index (κ1) is 15.0. The quantitative estimate of drug-likeness (QED) is 0.862. The molecule has 0 spiro atoms. The van der Waals surface area contributed by atoms with Crippen molar-refractivity contribution in [2.24, 2.45) is 0 Å². The van der Waals surface area contributed by atoms with E-state index < -0.39 is 0 Å². The Balaban J connectivity index is 1.37. The summed E-state index contributed by atoms with van der Waals surface area (Å²) >= 11 is 6.42. The van der Waals surface area contributed by atoms with E-state index in [1.54, 1.807) is 4.90 Å². The molecule has 0 aliphatic carbocycles. The van der Waals surface area contributed by atoms with Gasteiger partial charge in [0, 0.05) is 44.7 Å². The fourth-order valence-electron chi connectivity index (χ4n) is 3.36. The number of hydrogen-bond acceptors (Lipinski definition) is 4. The molecule has 2 aliphatic heterocycles. The Bertz CT molecular complexity index is 739. The highest BCUT2D eigenvalue weighted by molar-refractivity contribution is 6.36. The van der Waals surface area contributed by atoms with Gasteiger partial charge in [0.1, 0.15) is 11.3 Å². The molecule has 0 radical (unpaired) electrons. The Hall–Kier alpha value is -1.56. The molecule has 0 unspecified atom stereocenters. The van der Waals surface area contributed by atoms with Gasteiger partial charge in [-0.1, -0.05) is 23.7 Å². The van der Waals surface area contributed by atoms with Crippen molar-refractivity contribution in [1.82, 2.24) is 14.7 Å². The Morgan fingerprint density at radius 2 is 2.04 bits per heavy atom. The van der Waals surface area contributed by atoms with E-state index in [1.807, 2.05) is 31.3 Å². The van der Waals surface area contributed by atoms with Crippen molar-refractivity contribution in [2.75, 3.05) is 39.8 Å². The number of hydrogen-bond donors (Lipinski definition) is 0. The Kier molecular flexibility index (Phi) is 3.79. The molecule has 1 amide bonds. The molecule has 2 saturated heterocycles. The van der Waals surface area contributed by atoms with Crippen LogP contribution in [0.5, 0.6) is 0 Å². The van der Waals surface area contributed by atoms with Gasteiger partial charge < -0.3 is 9.32 Å². The fraction of sp³-hybridized carbons (Fsp3) is 0.471. The summed E-state index contributed by atoms with van der Waals surface area (Å²) in [4.78, 5) is 18.2. The predicted octanol–water partition coefficient (Wildman–Crippen LogP) is 2.04. The van der Waals surface area contributed by atoms with E-state index in [1.165, 1.54) is 0 Å². The third-order valence-electron chi connectivity index (χ3n) is 4.91. The zero-order valence-electron chi connectivity index (χ0n) is 13.2. The molecule has 3 heterocycles. The molecule has 6 heteroatoms. The van der Waals surface area contributed by atoms with Crippen LogP contribution >= 0.6 is 11.6 Å². The lowest BCUT2D eigenvalue weighted by molar-refractivity contribution is -0.137. The van der Waals surface area contributed by atoms with Crippen LogP contribution in [0.1, 0.15) is 5.76 Å². The molecule has 0 bridgehead atoms. The number of furan rings is 1.